The average Bonchev–Trinajstić information content (AvgIpc) is 2.91. The molecule has 228 valence electrons. The number of ether oxygens (including phenoxy) is 1. The number of pyridine rings is 1. The highest BCUT2D eigenvalue weighted by molar-refractivity contribution is 5.57. The topological polar surface area (TPSA) is 72.9 Å². The van der Waals surface area contributed by atoms with Crippen LogP contribution < -0.4 is 20.0 Å². The van der Waals surface area contributed by atoms with Crippen LogP contribution in [0, 0.1) is 12.3 Å². The van der Waals surface area contributed by atoms with E-state index >= 15 is 0 Å². The van der Waals surface area contributed by atoms with Crippen molar-refractivity contribution in [1.82, 2.24) is 25.2 Å². The monoisotopic (exact) mass is 586 g/mol. The van der Waals surface area contributed by atoms with Crippen LogP contribution in [0.2, 0.25) is 0 Å². The Labute approximate surface area is 245 Å². The zero-order valence-electron chi connectivity index (χ0n) is 24.7. The van der Waals surface area contributed by atoms with Gasteiger partial charge in [0, 0.05) is 88.3 Å². The fraction of sp³-hybridized carbons (Fsp3) is 0.700. The van der Waals surface area contributed by atoms with Crippen LogP contribution >= 0.6 is 0 Å². The Kier molecular flexibility index (Phi) is 7.01. The minimum absolute atomic E-state index is 0.0187. The molecule has 2 aromatic heterocycles. The second-order valence-corrected chi connectivity index (χ2v) is 13.1. The van der Waals surface area contributed by atoms with Gasteiger partial charge in [-0.15, -0.1) is 0 Å². The Morgan fingerprint density at radius 1 is 1.02 bits per heavy atom. The summed E-state index contributed by atoms with van der Waals surface area (Å²) in [4.78, 5) is 21.8. The average molecular weight is 587 g/mol. The van der Waals surface area contributed by atoms with Crippen LogP contribution in [-0.4, -0.2) is 104 Å². The van der Waals surface area contributed by atoms with E-state index in [1.165, 1.54) is 11.1 Å². The minimum Gasteiger partial charge on any atom is -0.380 e. The molecule has 0 amide bonds. The van der Waals surface area contributed by atoms with Crippen LogP contribution in [0.5, 0.6) is 0 Å². The number of hydrogen-bond donors (Lipinski definition) is 1. The summed E-state index contributed by atoms with van der Waals surface area (Å²) in [5.41, 5.74) is 2.80. The molecule has 1 N–H and O–H groups in total. The fourth-order valence-electron chi connectivity index (χ4n) is 7.74. The number of nitrogens with one attached hydrogen (secondary N) is 1. The predicted molar refractivity (Wildman–Crippen MR) is 155 cm³/mol. The number of rotatable bonds is 5. The van der Waals surface area contributed by atoms with Crippen molar-refractivity contribution in [3.63, 3.8) is 0 Å². The van der Waals surface area contributed by atoms with Gasteiger partial charge in [0.2, 0.25) is 5.82 Å². The number of anilines is 3. The minimum atomic E-state index is -4.61. The lowest BCUT2D eigenvalue weighted by Gasteiger charge is -2.56. The third kappa shape index (κ3) is 4.89. The lowest BCUT2D eigenvalue weighted by molar-refractivity contribution is -0.144. The first-order valence-electron chi connectivity index (χ1n) is 15.3. The summed E-state index contributed by atoms with van der Waals surface area (Å²) < 4.78 is 47.6. The predicted octanol–water partition coefficient (Wildman–Crippen LogP) is 3.29. The van der Waals surface area contributed by atoms with Crippen molar-refractivity contribution < 1.29 is 17.9 Å². The first-order chi connectivity index (χ1) is 20.1. The van der Waals surface area contributed by atoms with Crippen molar-refractivity contribution in [2.75, 3.05) is 80.3 Å². The SMILES string of the molecule is Cc1ccnc(N2CC3(COC3)C2)c1[C@H]1CCN(c2cc(N3CC(N4CCNCC4)[C@H]3C)nc(C(F)(F)F)n2)[C@H](C)C1. The molecule has 0 bridgehead atoms. The van der Waals surface area contributed by atoms with Crippen molar-refractivity contribution in [2.24, 2.45) is 5.41 Å². The maximum Gasteiger partial charge on any atom is 0.451 e. The standard InChI is InChI=1S/C30H41F3N8O/c1-19-4-6-35-27(39-15-29(16-39)17-42-18-29)26(19)22-5-9-40(20(2)12-22)24-13-25(37-28(36-24)30(31,32)33)41-14-23(21(41)3)38-10-7-34-8-11-38/h4,6,13,20-23,34H,5,7-12,14-18H2,1-3H3/t20-,21-,22+,23?/m1/s1. The van der Waals surface area contributed by atoms with Gasteiger partial charge in [-0.25, -0.2) is 15.0 Å². The lowest BCUT2D eigenvalue weighted by atomic mass is 9.77. The highest BCUT2D eigenvalue weighted by Gasteiger charge is 2.50. The molecule has 2 aromatic rings. The first kappa shape index (κ1) is 28.1. The molecule has 12 heteroatoms. The Morgan fingerprint density at radius 2 is 1.74 bits per heavy atom. The molecule has 0 saturated carbocycles. The summed E-state index contributed by atoms with van der Waals surface area (Å²) in [6.45, 7) is 15.1. The molecule has 0 aliphatic carbocycles. The van der Waals surface area contributed by atoms with Gasteiger partial charge in [0.05, 0.1) is 18.6 Å². The largest absolute Gasteiger partial charge is 0.451 e. The molecule has 7 heterocycles. The summed E-state index contributed by atoms with van der Waals surface area (Å²) in [7, 11) is 0. The van der Waals surface area contributed by atoms with E-state index < -0.39 is 12.0 Å². The van der Waals surface area contributed by atoms with Gasteiger partial charge in [-0.05, 0) is 51.2 Å². The first-order valence-corrected chi connectivity index (χ1v) is 15.3. The van der Waals surface area contributed by atoms with E-state index in [2.05, 4.69) is 51.9 Å². The number of alkyl halides is 3. The van der Waals surface area contributed by atoms with E-state index in [1.807, 2.05) is 16.0 Å². The quantitative estimate of drug-likeness (QED) is 0.569. The van der Waals surface area contributed by atoms with Crippen molar-refractivity contribution in [1.29, 1.82) is 0 Å². The van der Waals surface area contributed by atoms with Gasteiger partial charge < -0.3 is 24.8 Å². The van der Waals surface area contributed by atoms with E-state index in [9.17, 15) is 13.2 Å². The number of aryl methyl sites for hydroxylation is 1. The molecule has 0 radical (unpaired) electrons. The van der Waals surface area contributed by atoms with Crippen LogP contribution in [-0.2, 0) is 10.9 Å². The molecule has 5 fully saturated rings. The van der Waals surface area contributed by atoms with E-state index in [0.29, 0.717) is 36.2 Å². The smallest absolute Gasteiger partial charge is 0.380 e. The van der Waals surface area contributed by atoms with Crippen molar-refractivity contribution >= 4 is 17.5 Å². The molecular weight excluding hydrogens is 545 g/mol. The van der Waals surface area contributed by atoms with Crippen molar-refractivity contribution in [3.05, 3.63) is 35.3 Å². The number of nitrogens with zero attached hydrogens (tertiary/aromatic N) is 7. The summed E-state index contributed by atoms with van der Waals surface area (Å²) in [5, 5.41) is 3.37. The Bertz CT molecular complexity index is 1310. The Hall–Kier alpha value is -2.70. The number of aromatic nitrogens is 3. The normalized spacial score (nSPS) is 29.7. The highest BCUT2D eigenvalue weighted by atomic mass is 19.4. The molecule has 4 atom stereocenters. The van der Waals surface area contributed by atoms with Gasteiger partial charge in [-0.2, -0.15) is 13.2 Å². The molecule has 1 spiro atoms. The second kappa shape index (κ2) is 10.5. The summed E-state index contributed by atoms with van der Waals surface area (Å²) in [5.74, 6) is 1.03. The molecule has 5 aliphatic rings. The van der Waals surface area contributed by atoms with E-state index in [4.69, 9.17) is 9.72 Å². The van der Waals surface area contributed by atoms with Crippen molar-refractivity contribution in [3.8, 4) is 0 Å². The summed E-state index contributed by atoms with van der Waals surface area (Å²) >= 11 is 0. The summed E-state index contributed by atoms with van der Waals surface area (Å²) in [6, 6.07) is 4.29. The molecule has 9 nitrogen and oxygen atoms in total. The van der Waals surface area contributed by atoms with Crippen LogP contribution in [0.25, 0.3) is 0 Å². The number of halogens is 3. The van der Waals surface area contributed by atoms with Gasteiger partial charge in [-0.3, -0.25) is 4.90 Å². The van der Waals surface area contributed by atoms with E-state index in [1.54, 1.807) is 6.07 Å². The van der Waals surface area contributed by atoms with Crippen LogP contribution in [0.15, 0.2) is 18.3 Å². The molecule has 0 aromatic carbocycles. The fourth-order valence-corrected chi connectivity index (χ4v) is 7.74. The van der Waals surface area contributed by atoms with Gasteiger partial charge in [-0.1, -0.05) is 0 Å². The Morgan fingerprint density at radius 3 is 2.36 bits per heavy atom. The second-order valence-electron chi connectivity index (χ2n) is 13.1. The summed E-state index contributed by atoms with van der Waals surface area (Å²) in [6.07, 6.45) is -1.06. The van der Waals surface area contributed by atoms with Gasteiger partial charge in [0.25, 0.3) is 0 Å². The maximum atomic E-state index is 14.0. The molecular formula is C30H41F3N8O. The highest BCUT2D eigenvalue weighted by Crippen LogP contribution is 2.45. The molecule has 7 rings (SSSR count). The van der Waals surface area contributed by atoms with Gasteiger partial charge in [0.15, 0.2) is 0 Å². The van der Waals surface area contributed by atoms with Crippen LogP contribution in [0.1, 0.15) is 49.6 Å². The number of piperazine rings is 1. The third-order valence-corrected chi connectivity index (χ3v) is 10.2. The van der Waals surface area contributed by atoms with Crippen LogP contribution in [0.3, 0.4) is 0 Å². The maximum absolute atomic E-state index is 14.0. The molecule has 1 unspecified atom stereocenters. The lowest BCUT2D eigenvalue weighted by Crippen LogP contribution is -2.68. The van der Waals surface area contributed by atoms with Crippen molar-refractivity contribution in [2.45, 2.75) is 63.8 Å². The molecule has 5 aliphatic heterocycles. The van der Waals surface area contributed by atoms with E-state index in [0.717, 1.165) is 71.1 Å². The zero-order chi connectivity index (χ0) is 29.2. The van der Waals surface area contributed by atoms with E-state index in [-0.39, 0.29) is 18.0 Å². The van der Waals surface area contributed by atoms with Gasteiger partial charge in [0.1, 0.15) is 17.5 Å². The molecule has 42 heavy (non-hydrogen) atoms. The number of hydrogen-bond acceptors (Lipinski definition) is 9. The molecule has 5 saturated heterocycles. The third-order valence-electron chi connectivity index (χ3n) is 10.2. The number of piperidine rings is 1. The zero-order valence-corrected chi connectivity index (χ0v) is 24.7. The Balaban J connectivity index is 1.10. The van der Waals surface area contributed by atoms with Crippen LogP contribution in [0.4, 0.5) is 30.6 Å². The van der Waals surface area contributed by atoms with Gasteiger partial charge >= 0.3 is 6.18 Å².